The van der Waals surface area contributed by atoms with Gasteiger partial charge in [-0.3, -0.25) is 9.59 Å². The zero-order chi connectivity index (χ0) is 17.2. The van der Waals surface area contributed by atoms with E-state index >= 15 is 0 Å². The highest BCUT2D eigenvalue weighted by molar-refractivity contribution is 6.05. The second-order valence-electron chi connectivity index (χ2n) is 5.75. The zero-order valence-electron chi connectivity index (χ0n) is 13.4. The van der Waals surface area contributed by atoms with Gasteiger partial charge in [-0.1, -0.05) is 24.3 Å². The lowest BCUT2D eigenvalue weighted by atomic mass is 10.1. The molecule has 4 rings (SSSR count). The van der Waals surface area contributed by atoms with Gasteiger partial charge in [0.25, 0.3) is 5.91 Å². The number of amides is 1. The number of para-hydroxylation sites is 1. The molecule has 2 N–H and O–H groups in total. The number of carbonyl (C=O) groups excluding carboxylic acids is 1. The van der Waals surface area contributed by atoms with Gasteiger partial charge in [-0.15, -0.1) is 0 Å². The van der Waals surface area contributed by atoms with Gasteiger partial charge < -0.3 is 19.8 Å². The number of nitrogens with one attached hydrogen (secondary N) is 2. The highest BCUT2D eigenvalue weighted by Gasteiger charge is 2.14. The minimum atomic E-state index is -0.303. The third-order valence-corrected chi connectivity index (χ3v) is 4.05. The van der Waals surface area contributed by atoms with Crippen LogP contribution < -0.4 is 20.3 Å². The molecule has 3 aromatic rings. The van der Waals surface area contributed by atoms with Crippen molar-refractivity contribution >= 4 is 16.8 Å². The second kappa shape index (κ2) is 6.32. The molecule has 1 aromatic heterocycles. The molecule has 0 saturated carbocycles. The third-order valence-electron chi connectivity index (χ3n) is 4.05. The first-order valence-electron chi connectivity index (χ1n) is 7.99. The van der Waals surface area contributed by atoms with Gasteiger partial charge in [0.2, 0.25) is 5.56 Å². The summed E-state index contributed by atoms with van der Waals surface area (Å²) in [6.07, 6.45) is 0. The number of hydrogen-bond acceptors (Lipinski definition) is 4. The molecule has 0 unspecified atom stereocenters. The summed E-state index contributed by atoms with van der Waals surface area (Å²) in [6.45, 7) is 1.39. The van der Waals surface area contributed by atoms with Gasteiger partial charge in [-0.05, 0) is 23.8 Å². The molecule has 1 amide bonds. The van der Waals surface area contributed by atoms with Gasteiger partial charge in [0.15, 0.2) is 11.5 Å². The molecule has 2 aromatic carbocycles. The van der Waals surface area contributed by atoms with Crippen LogP contribution in [0.4, 0.5) is 0 Å². The van der Waals surface area contributed by atoms with Crippen molar-refractivity contribution in [2.45, 2.75) is 6.54 Å². The topological polar surface area (TPSA) is 80.4 Å². The molecule has 0 saturated heterocycles. The van der Waals surface area contributed by atoms with Gasteiger partial charge >= 0.3 is 0 Å². The van der Waals surface area contributed by atoms with Crippen molar-refractivity contribution in [1.29, 1.82) is 0 Å². The van der Waals surface area contributed by atoms with E-state index in [0.717, 1.165) is 5.56 Å². The number of benzene rings is 2. The molecule has 25 heavy (non-hydrogen) atoms. The maximum atomic E-state index is 12.6. The molecule has 6 nitrogen and oxygen atoms in total. The van der Waals surface area contributed by atoms with E-state index in [2.05, 4.69) is 10.3 Å². The third kappa shape index (κ3) is 3.06. The quantitative estimate of drug-likeness (QED) is 0.769. The molecule has 0 bridgehead atoms. The standard InChI is InChI=1S/C19H16N2O4/c22-18-10-14(13-3-1-2-4-15(13)21-18)19(23)20-11-12-5-6-16-17(9-12)25-8-7-24-16/h1-6,9-10H,7-8,11H2,(H,20,23)(H,21,22). The Bertz CT molecular complexity index is 1010. The van der Waals surface area contributed by atoms with Crippen LogP contribution in [0.25, 0.3) is 10.9 Å². The van der Waals surface area contributed by atoms with E-state index in [4.69, 9.17) is 9.47 Å². The number of hydrogen-bond donors (Lipinski definition) is 2. The van der Waals surface area contributed by atoms with E-state index < -0.39 is 0 Å². The molecular weight excluding hydrogens is 320 g/mol. The number of H-pyrrole nitrogens is 1. The Kier molecular flexibility index (Phi) is 3.85. The SMILES string of the molecule is O=C(NCc1ccc2c(c1)OCCO2)c1cc(=O)[nH]c2ccccc12. The summed E-state index contributed by atoms with van der Waals surface area (Å²) >= 11 is 0. The summed E-state index contributed by atoms with van der Waals surface area (Å²) in [7, 11) is 0. The molecule has 0 spiro atoms. The van der Waals surface area contributed by atoms with Crippen LogP contribution in [0.3, 0.4) is 0 Å². The molecule has 0 fully saturated rings. The Labute approximate surface area is 143 Å². The summed E-state index contributed by atoms with van der Waals surface area (Å²) in [5.74, 6) is 1.10. The van der Waals surface area contributed by atoms with Crippen LogP contribution >= 0.6 is 0 Å². The first-order valence-corrected chi connectivity index (χ1v) is 7.99. The van der Waals surface area contributed by atoms with Crippen molar-refractivity contribution < 1.29 is 14.3 Å². The van der Waals surface area contributed by atoms with Crippen molar-refractivity contribution in [3.63, 3.8) is 0 Å². The highest BCUT2D eigenvalue weighted by atomic mass is 16.6. The Morgan fingerprint density at radius 2 is 1.84 bits per heavy atom. The number of rotatable bonds is 3. The normalized spacial score (nSPS) is 12.8. The number of fused-ring (bicyclic) bond motifs is 2. The number of aromatic nitrogens is 1. The second-order valence-corrected chi connectivity index (χ2v) is 5.75. The number of pyridine rings is 1. The minimum Gasteiger partial charge on any atom is -0.486 e. The van der Waals surface area contributed by atoms with E-state index in [1.54, 1.807) is 6.07 Å². The van der Waals surface area contributed by atoms with Gasteiger partial charge in [-0.25, -0.2) is 0 Å². The Morgan fingerprint density at radius 3 is 2.72 bits per heavy atom. The fraction of sp³-hybridized carbons (Fsp3) is 0.158. The van der Waals surface area contributed by atoms with Crippen molar-refractivity contribution in [3.05, 3.63) is 70.0 Å². The van der Waals surface area contributed by atoms with E-state index in [-0.39, 0.29) is 11.5 Å². The summed E-state index contributed by atoms with van der Waals surface area (Å²) in [6, 6.07) is 14.1. The molecule has 126 valence electrons. The first kappa shape index (κ1) is 15.3. The maximum absolute atomic E-state index is 12.6. The molecule has 6 heteroatoms. The lowest BCUT2D eigenvalue weighted by Gasteiger charge is -2.19. The predicted octanol–water partition coefficient (Wildman–Crippen LogP) is 2.23. The smallest absolute Gasteiger partial charge is 0.252 e. The Hall–Kier alpha value is -3.28. The monoisotopic (exact) mass is 336 g/mol. The zero-order valence-corrected chi connectivity index (χ0v) is 13.4. The van der Waals surface area contributed by atoms with Crippen molar-refractivity contribution in [2.24, 2.45) is 0 Å². The lowest BCUT2D eigenvalue weighted by Crippen LogP contribution is -2.25. The van der Waals surface area contributed by atoms with E-state index in [1.807, 2.05) is 36.4 Å². The summed E-state index contributed by atoms with van der Waals surface area (Å²) in [5.41, 5.74) is 1.59. The van der Waals surface area contributed by atoms with E-state index in [1.165, 1.54) is 6.07 Å². The molecule has 0 radical (unpaired) electrons. The average Bonchev–Trinajstić information content (AvgIpc) is 2.65. The van der Waals surface area contributed by atoms with E-state index in [0.29, 0.717) is 47.7 Å². The number of aromatic amines is 1. The highest BCUT2D eigenvalue weighted by Crippen LogP contribution is 2.30. The van der Waals surface area contributed by atoms with Crippen LogP contribution in [-0.2, 0) is 6.54 Å². The fourth-order valence-corrected chi connectivity index (χ4v) is 2.87. The summed E-state index contributed by atoms with van der Waals surface area (Å²) < 4.78 is 11.0. The van der Waals surface area contributed by atoms with Gasteiger partial charge in [-0.2, -0.15) is 0 Å². The first-order chi connectivity index (χ1) is 12.2. The number of ether oxygens (including phenoxy) is 2. The molecule has 1 aliphatic rings. The van der Waals surface area contributed by atoms with Crippen molar-refractivity contribution in [2.75, 3.05) is 13.2 Å². The van der Waals surface area contributed by atoms with Gasteiger partial charge in [0.1, 0.15) is 13.2 Å². The van der Waals surface area contributed by atoms with Crippen LogP contribution in [0.5, 0.6) is 11.5 Å². The van der Waals surface area contributed by atoms with E-state index in [9.17, 15) is 9.59 Å². The predicted molar refractivity (Wildman–Crippen MR) is 93.2 cm³/mol. The summed E-state index contributed by atoms with van der Waals surface area (Å²) in [5, 5.41) is 3.56. The maximum Gasteiger partial charge on any atom is 0.252 e. The summed E-state index contributed by atoms with van der Waals surface area (Å²) in [4.78, 5) is 27.1. The molecule has 0 aliphatic carbocycles. The Morgan fingerprint density at radius 1 is 1.04 bits per heavy atom. The Balaban J connectivity index is 1.56. The largest absolute Gasteiger partial charge is 0.486 e. The van der Waals surface area contributed by atoms with Crippen LogP contribution in [0.2, 0.25) is 0 Å². The molecule has 0 atom stereocenters. The van der Waals surface area contributed by atoms with Gasteiger partial charge in [0, 0.05) is 23.5 Å². The van der Waals surface area contributed by atoms with Crippen molar-refractivity contribution in [3.8, 4) is 11.5 Å². The molecule has 1 aliphatic heterocycles. The number of carbonyl (C=O) groups is 1. The van der Waals surface area contributed by atoms with Crippen LogP contribution in [0.15, 0.2) is 53.3 Å². The van der Waals surface area contributed by atoms with Gasteiger partial charge in [0.05, 0.1) is 5.56 Å². The molecule has 2 heterocycles. The van der Waals surface area contributed by atoms with Crippen LogP contribution in [-0.4, -0.2) is 24.1 Å². The van der Waals surface area contributed by atoms with Crippen LogP contribution in [0.1, 0.15) is 15.9 Å². The minimum absolute atomic E-state index is 0.294. The molecular formula is C19H16N2O4. The average molecular weight is 336 g/mol. The fourth-order valence-electron chi connectivity index (χ4n) is 2.87. The van der Waals surface area contributed by atoms with Crippen molar-refractivity contribution in [1.82, 2.24) is 10.3 Å². The van der Waals surface area contributed by atoms with Crippen LogP contribution in [0, 0.1) is 0 Å². The lowest BCUT2D eigenvalue weighted by molar-refractivity contribution is 0.0952.